The molecule has 1 aliphatic rings. The van der Waals surface area contributed by atoms with Crippen LogP contribution in [0.25, 0.3) is 0 Å². The molecule has 1 aromatic rings. The summed E-state index contributed by atoms with van der Waals surface area (Å²) in [6, 6.07) is 2.93. The first-order chi connectivity index (χ1) is 11.6. The van der Waals surface area contributed by atoms with Crippen molar-refractivity contribution in [2.45, 2.75) is 24.7 Å². The molecule has 8 nitrogen and oxygen atoms in total. The number of nitrogens with one attached hydrogen (secondary N) is 1. The lowest BCUT2D eigenvalue weighted by molar-refractivity contribution is -0.141. The van der Waals surface area contributed by atoms with Crippen molar-refractivity contribution in [1.29, 1.82) is 0 Å². The van der Waals surface area contributed by atoms with Gasteiger partial charge < -0.3 is 5.11 Å². The molecule has 0 saturated carbocycles. The lowest BCUT2D eigenvalue weighted by Gasteiger charge is -2.17. The predicted octanol–water partition coefficient (Wildman–Crippen LogP) is 1.07. The van der Waals surface area contributed by atoms with Gasteiger partial charge in [0, 0.05) is 13.1 Å². The van der Waals surface area contributed by atoms with Crippen LogP contribution in [0.3, 0.4) is 0 Å². The topological polar surface area (TPSA) is 121 Å². The third-order valence-corrected chi connectivity index (χ3v) is 7.19. The van der Waals surface area contributed by atoms with Gasteiger partial charge in [0.25, 0.3) is 0 Å². The van der Waals surface area contributed by atoms with Crippen LogP contribution >= 0.6 is 0 Å². The SMILES string of the molecule is CCCS(=O)(=O)Nc1ccc(S(=O)(=O)N2CCC(C(=O)O)C2)c(F)c1. The van der Waals surface area contributed by atoms with Gasteiger partial charge >= 0.3 is 5.97 Å². The number of nitrogens with zero attached hydrogens (tertiary/aromatic N) is 1. The zero-order valence-corrected chi connectivity index (χ0v) is 15.1. The highest BCUT2D eigenvalue weighted by Gasteiger charge is 2.37. The van der Waals surface area contributed by atoms with E-state index in [-0.39, 0.29) is 31.0 Å². The summed E-state index contributed by atoms with van der Waals surface area (Å²) in [5.41, 5.74) is -0.0743. The Kier molecular flexibility index (Phi) is 5.69. The summed E-state index contributed by atoms with van der Waals surface area (Å²) in [7, 11) is -7.81. The van der Waals surface area contributed by atoms with Crippen molar-refractivity contribution in [3.05, 3.63) is 24.0 Å². The van der Waals surface area contributed by atoms with E-state index >= 15 is 0 Å². The molecule has 1 fully saturated rings. The third kappa shape index (κ3) is 4.47. The maximum atomic E-state index is 14.3. The molecule has 0 amide bonds. The lowest BCUT2D eigenvalue weighted by Crippen LogP contribution is -2.30. The molecule has 11 heteroatoms. The fourth-order valence-corrected chi connectivity index (χ4v) is 5.23. The average Bonchev–Trinajstić information content (AvgIpc) is 2.97. The van der Waals surface area contributed by atoms with Crippen molar-refractivity contribution < 1.29 is 31.1 Å². The molecule has 1 unspecified atom stereocenters. The number of carboxylic acid groups (broad SMARTS) is 1. The lowest BCUT2D eigenvalue weighted by atomic mass is 10.1. The van der Waals surface area contributed by atoms with E-state index in [4.69, 9.17) is 5.11 Å². The molecular formula is C14H19FN2O6S2. The van der Waals surface area contributed by atoms with Crippen molar-refractivity contribution in [2.24, 2.45) is 5.92 Å². The fourth-order valence-electron chi connectivity index (χ4n) is 2.56. The number of anilines is 1. The maximum Gasteiger partial charge on any atom is 0.307 e. The van der Waals surface area contributed by atoms with Gasteiger partial charge in [0.2, 0.25) is 20.0 Å². The summed E-state index contributed by atoms with van der Waals surface area (Å²) in [6.45, 7) is 1.45. The van der Waals surface area contributed by atoms with Crippen LogP contribution in [-0.2, 0) is 24.8 Å². The predicted molar refractivity (Wildman–Crippen MR) is 88.6 cm³/mol. The van der Waals surface area contributed by atoms with Gasteiger partial charge in [0.15, 0.2) is 0 Å². The van der Waals surface area contributed by atoms with Crippen LogP contribution in [0.5, 0.6) is 0 Å². The zero-order chi connectivity index (χ0) is 18.8. The number of carbonyl (C=O) groups is 1. The van der Waals surface area contributed by atoms with Gasteiger partial charge in [0.1, 0.15) is 10.7 Å². The molecule has 1 saturated heterocycles. The number of hydrogen-bond donors (Lipinski definition) is 2. The normalized spacial score (nSPS) is 19.0. The number of rotatable bonds is 7. The van der Waals surface area contributed by atoms with E-state index in [0.717, 1.165) is 22.5 Å². The Labute approximate surface area is 145 Å². The largest absolute Gasteiger partial charge is 0.481 e. The number of hydrogen-bond acceptors (Lipinski definition) is 5. The molecule has 1 aliphatic heterocycles. The number of benzene rings is 1. The maximum absolute atomic E-state index is 14.3. The summed E-state index contributed by atoms with van der Waals surface area (Å²) in [5.74, 6) is -3.16. The molecule has 140 valence electrons. The first kappa shape index (κ1) is 19.6. The van der Waals surface area contributed by atoms with Gasteiger partial charge in [0.05, 0.1) is 17.4 Å². The standard InChI is InChI=1S/C14H19FN2O6S2/c1-2-7-24(20,21)16-11-3-4-13(12(15)8-11)25(22,23)17-6-5-10(9-17)14(18)19/h3-4,8,10,16H,2,5-7,9H2,1H3,(H,18,19). The second kappa shape index (κ2) is 7.26. The minimum absolute atomic E-state index is 0.0103. The second-order valence-electron chi connectivity index (χ2n) is 5.75. The summed E-state index contributed by atoms with van der Waals surface area (Å²) in [5, 5.41) is 8.95. The Bertz CT molecular complexity index is 869. The molecule has 25 heavy (non-hydrogen) atoms. The van der Waals surface area contributed by atoms with E-state index in [0.29, 0.717) is 6.42 Å². The molecule has 0 radical (unpaired) electrons. The molecule has 1 atom stereocenters. The molecule has 1 aromatic carbocycles. The molecular weight excluding hydrogens is 375 g/mol. The highest BCUT2D eigenvalue weighted by Crippen LogP contribution is 2.27. The van der Waals surface area contributed by atoms with E-state index in [1.165, 1.54) is 0 Å². The van der Waals surface area contributed by atoms with E-state index in [1.807, 2.05) is 0 Å². The van der Waals surface area contributed by atoms with Crippen molar-refractivity contribution in [3.8, 4) is 0 Å². The van der Waals surface area contributed by atoms with Crippen LogP contribution in [0.1, 0.15) is 19.8 Å². The first-order valence-electron chi connectivity index (χ1n) is 7.60. The van der Waals surface area contributed by atoms with Gasteiger partial charge in [-0.05, 0) is 31.0 Å². The average molecular weight is 394 g/mol. The second-order valence-corrected chi connectivity index (χ2v) is 9.50. The quantitative estimate of drug-likeness (QED) is 0.714. The van der Waals surface area contributed by atoms with Crippen LogP contribution in [0.4, 0.5) is 10.1 Å². The van der Waals surface area contributed by atoms with Crippen molar-refractivity contribution in [3.63, 3.8) is 0 Å². The van der Waals surface area contributed by atoms with Gasteiger partial charge in [-0.1, -0.05) is 6.92 Å². The highest BCUT2D eigenvalue weighted by atomic mass is 32.2. The van der Waals surface area contributed by atoms with E-state index < -0.39 is 42.6 Å². The molecule has 1 heterocycles. The molecule has 0 aliphatic carbocycles. The Balaban J connectivity index is 2.24. The van der Waals surface area contributed by atoms with Crippen LogP contribution in [-0.4, -0.2) is 51.1 Å². The van der Waals surface area contributed by atoms with Gasteiger partial charge in [-0.3, -0.25) is 9.52 Å². The number of sulfonamides is 2. The Morgan fingerprint density at radius 1 is 1.36 bits per heavy atom. The van der Waals surface area contributed by atoms with Crippen molar-refractivity contribution in [2.75, 3.05) is 23.6 Å². The number of halogens is 1. The minimum atomic E-state index is -4.19. The molecule has 2 rings (SSSR count). The smallest absolute Gasteiger partial charge is 0.307 e. The summed E-state index contributed by atoms with van der Waals surface area (Å²) in [6.07, 6.45) is 0.537. The van der Waals surface area contributed by atoms with E-state index in [2.05, 4.69) is 4.72 Å². The van der Waals surface area contributed by atoms with Gasteiger partial charge in [-0.25, -0.2) is 21.2 Å². The van der Waals surface area contributed by atoms with Gasteiger partial charge in [-0.15, -0.1) is 0 Å². The summed E-state index contributed by atoms with van der Waals surface area (Å²) >= 11 is 0. The highest BCUT2D eigenvalue weighted by molar-refractivity contribution is 7.92. The molecule has 2 N–H and O–H groups in total. The molecule has 0 spiro atoms. The Hall–Kier alpha value is -1.72. The van der Waals surface area contributed by atoms with Crippen LogP contribution in [0.15, 0.2) is 23.1 Å². The van der Waals surface area contributed by atoms with Crippen molar-refractivity contribution in [1.82, 2.24) is 4.31 Å². The fraction of sp³-hybridized carbons (Fsp3) is 0.500. The first-order valence-corrected chi connectivity index (χ1v) is 10.7. The van der Waals surface area contributed by atoms with Crippen LogP contribution in [0, 0.1) is 11.7 Å². The van der Waals surface area contributed by atoms with Crippen molar-refractivity contribution >= 4 is 31.7 Å². The number of aliphatic carboxylic acids is 1. The van der Waals surface area contributed by atoms with E-state index in [1.54, 1.807) is 6.92 Å². The van der Waals surface area contributed by atoms with Crippen LogP contribution in [0.2, 0.25) is 0 Å². The Morgan fingerprint density at radius 3 is 2.56 bits per heavy atom. The monoisotopic (exact) mass is 394 g/mol. The zero-order valence-electron chi connectivity index (χ0n) is 13.5. The van der Waals surface area contributed by atoms with Gasteiger partial charge in [-0.2, -0.15) is 4.31 Å². The van der Waals surface area contributed by atoms with Crippen LogP contribution < -0.4 is 4.72 Å². The molecule has 0 bridgehead atoms. The van der Waals surface area contributed by atoms with E-state index in [9.17, 15) is 26.0 Å². The number of carboxylic acids is 1. The summed E-state index contributed by atoms with van der Waals surface area (Å²) in [4.78, 5) is 10.3. The minimum Gasteiger partial charge on any atom is -0.481 e. The third-order valence-electron chi connectivity index (χ3n) is 3.80. The summed E-state index contributed by atoms with van der Waals surface area (Å²) < 4.78 is 65.7. The Morgan fingerprint density at radius 2 is 2.04 bits per heavy atom. The molecule has 0 aromatic heterocycles.